The number of amides is 1. The van der Waals surface area contributed by atoms with Gasteiger partial charge in [-0.2, -0.15) is 5.10 Å². The predicted octanol–water partition coefficient (Wildman–Crippen LogP) is 4.20. The molecule has 1 fully saturated rings. The molecule has 136 valence electrons. The standard InChI is InChI=1S/C21H19FN4O/c22-14-4-5-19-16(10-14)17(11-23-19)13-6-8-26(9-7-13)21(27)15-2-1-3-20-18(15)12-24-25-20/h1-5,10-13,23H,6-9H2,(H,24,25). The average molecular weight is 362 g/mol. The Hall–Kier alpha value is -3.15. The summed E-state index contributed by atoms with van der Waals surface area (Å²) >= 11 is 0. The van der Waals surface area contributed by atoms with Gasteiger partial charge in [0.2, 0.25) is 0 Å². The number of fused-ring (bicyclic) bond motifs is 2. The molecule has 27 heavy (non-hydrogen) atoms. The number of nitrogens with one attached hydrogen (secondary N) is 2. The van der Waals surface area contributed by atoms with Crippen LogP contribution in [0.5, 0.6) is 0 Å². The van der Waals surface area contributed by atoms with E-state index in [4.69, 9.17) is 0 Å². The Kier molecular flexibility index (Phi) is 3.70. The highest BCUT2D eigenvalue weighted by Gasteiger charge is 2.27. The molecule has 2 N–H and O–H groups in total. The van der Waals surface area contributed by atoms with E-state index in [-0.39, 0.29) is 11.7 Å². The molecule has 6 heteroatoms. The Morgan fingerprint density at radius 1 is 1.11 bits per heavy atom. The van der Waals surface area contributed by atoms with Gasteiger partial charge >= 0.3 is 0 Å². The van der Waals surface area contributed by atoms with Crippen molar-refractivity contribution in [3.8, 4) is 0 Å². The number of rotatable bonds is 2. The Bertz CT molecular complexity index is 1140. The zero-order valence-electron chi connectivity index (χ0n) is 14.7. The minimum absolute atomic E-state index is 0.0467. The number of nitrogens with zero attached hydrogens (tertiary/aromatic N) is 2. The topological polar surface area (TPSA) is 64.8 Å². The summed E-state index contributed by atoms with van der Waals surface area (Å²) < 4.78 is 13.6. The first-order valence-corrected chi connectivity index (χ1v) is 9.18. The molecule has 0 saturated carbocycles. The molecule has 0 atom stereocenters. The van der Waals surface area contributed by atoms with Crippen LogP contribution >= 0.6 is 0 Å². The van der Waals surface area contributed by atoms with Crippen LogP contribution in [0.2, 0.25) is 0 Å². The van der Waals surface area contributed by atoms with Crippen LogP contribution in [0, 0.1) is 5.82 Å². The van der Waals surface area contributed by atoms with Gasteiger partial charge in [-0.25, -0.2) is 4.39 Å². The Morgan fingerprint density at radius 3 is 2.81 bits per heavy atom. The van der Waals surface area contributed by atoms with Gasteiger partial charge in [0.15, 0.2) is 0 Å². The van der Waals surface area contributed by atoms with E-state index >= 15 is 0 Å². The van der Waals surface area contributed by atoms with Crippen molar-refractivity contribution in [3.63, 3.8) is 0 Å². The lowest BCUT2D eigenvalue weighted by Crippen LogP contribution is -2.38. The second kappa shape index (κ2) is 6.23. The average Bonchev–Trinajstić information content (AvgIpc) is 3.34. The third-order valence-corrected chi connectivity index (χ3v) is 5.61. The summed E-state index contributed by atoms with van der Waals surface area (Å²) in [6, 6.07) is 10.5. The lowest BCUT2D eigenvalue weighted by atomic mass is 9.89. The highest BCUT2D eigenvalue weighted by Crippen LogP contribution is 2.34. The molecule has 0 aliphatic carbocycles. The molecule has 0 radical (unpaired) electrons. The molecule has 1 amide bonds. The number of H-pyrrole nitrogens is 2. The highest BCUT2D eigenvalue weighted by atomic mass is 19.1. The number of carbonyl (C=O) groups excluding carboxylic acids is 1. The fourth-order valence-corrected chi connectivity index (χ4v) is 4.17. The van der Waals surface area contributed by atoms with Crippen LogP contribution in [0.3, 0.4) is 0 Å². The molecule has 5 rings (SSSR count). The summed E-state index contributed by atoms with van der Waals surface area (Å²) in [6.07, 6.45) is 5.43. The highest BCUT2D eigenvalue weighted by molar-refractivity contribution is 6.06. The van der Waals surface area contributed by atoms with Crippen LogP contribution in [-0.4, -0.2) is 39.1 Å². The Balaban J connectivity index is 1.36. The molecule has 1 aliphatic heterocycles. The fourth-order valence-electron chi connectivity index (χ4n) is 4.17. The van der Waals surface area contributed by atoms with Gasteiger partial charge in [-0.3, -0.25) is 9.89 Å². The van der Waals surface area contributed by atoms with Gasteiger partial charge in [0.25, 0.3) is 5.91 Å². The number of likely N-dealkylation sites (tertiary alicyclic amines) is 1. The Labute approximate surface area is 155 Å². The molecule has 0 bridgehead atoms. The number of halogens is 1. The third kappa shape index (κ3) is 2.68. The SMILES string of the molecule is O=C(c1cccc2[nH]ncc12)N1CCC(c2c[nH]c3ccc(F)cc23)CC1. The zero-order chi connectivity index (χ0) is 18.4. The van der Waals surface area contributed by atoms with E-state index in [0.29, 0.717) is 24.6 Å². The van der Waals surface area contributed by atoms with Crippen LogP contribution in [0.25, 0.3) is 21.8 Å². The predicted molar refractivity (Wildman–Crippen MR) is 102 cm³/mol. The van der Waals surface area contributed by atoms with E-state index in [2.05, 4.69) is 15.2 Å². The van der Waals surface area contributed by atoms with Crippen molar-refractivity contribution in [1.82, 2.24) is 20.1 Å². The number of aromatic nitrogens is 3. The second-order valence-corrected chi connectivity index (χ2v) is 7.14. The van der Waals surface area contributed by atoms with Crippen LogP contribution in [0.4, 0.5) is 4.39 Å². The maximum Gasteiger partial charge on any atom is 0.254 e. The monoisotopic (exact) mass is 362 g/mol. The van der Waals surface area contributed by atoms with Crippen molar-refractivity contribution < 1.29 is 9.18 Å². The smallest absolute Gasteiger partial charge is 0.254 e. The summed E-state index contributed by atoms with van der Waals surface area (Å²) in [4.78, 5) is 18.1. The summed E-state index contributed by atoms with van der Waals surface area (Å²) in [5, 5.41) is 8.76. The number of hydrogen-bond donors (Lipinski definition) is 2. The van der Waals surface area contributed by atoms with E-state index in [0.717, 1.165) is 40.2 Å². The minimum Gasteiger partial charge on any atom is -0.361 e. The first kappa shape index (κ1) is 16.1. The van der Waals surface area contributed by atoms with Gasteiger partial charge in [0.1, 0.15) is 5.82 Å². The normalized spacial score (nSPS) is 15.7. The maximum atomic E-state index is 13.6. The van der Waals surface area contributed by atoms with Crippen molar-refractivity contribution in [2.24, 2.45) is 0 Å². The number of carbonyl (C=O) groups is 1. The zero-order valence-corrected chi connectivity index (χ0v) is 14.7. The van der Waals surface area contributed by atoms with E-state index in [1.54, 1.807) is 18.3 Å². The summed E-state index contributed by atoms with van der Waals surface area (Å²) in [5.41, 5.74) is 3.66. The molecule has 1 saturated heterocycles. The van der Waals surface area contributed by atoms with Crippen molar-refractivity contribution in [2.75, 3.05) is 13.1 Å². The number of aromatic amines is 2. The molecule has 0 unspecified atom stereocenters. The molecule has 1 aliphatic rings. The number of piperidine rings is 1. The summed E-state index contributed by atoms with van der Waals surface area (Å²) in [6.45, 7) is 1.39. The van der Waals surface area contributed by atoms with Gasteiger partial charge in [-0.05, 0) is 54.7 Å². The van der Waals surface area contributed by atoms with Gasteiger partial charge in [-0.1, -0.05) is 6.07 Å². The van der Waals surface area contributed by atoms with Crippen LogP contribution in [0.15, 0.2) is 48.8 Å². The van der Waals surface area contributed by atoms with Crippen molar-refractivity contribution in [1.29, 1.82) is 0 Å². The summed E-state index contributed by atoms with van der Waals surface area (Å²) in [7, 11) is 0. The van der Waals surface area contributed by atoms with Gasteiger partial charge in [0, 0.05) is 35.6 Å². The molecule has 2 aromatic carbocycles. The minimum atomic E-state index is -0.218. The second-order valence-electron chi connectivity index (χ2n) is 7.14. The molecule has 4 aromatic rings. The van der Waals surface area contributed by atoms with E-state index in [1.807, 2.05) is 29.3 Å². The lowest BCUT2D eigenvalue weighted by Gasteiger charge is -2.32. The lowest BCUT2D eigenvalue weighted by molar-refractivity contribution is 0.0715. The molecular weight excluding hydrogens is 343 g/mol. The van der Waals surface area contributed by atoms with Crippen molar-refractivity contribution in [2.45, 2.75) is 18.8 Å². The van der Waals surface area contributed by atoms with Crippen LogP contribution in [0.1, 0.15) is 34.7 Å². The fraction of sp³-hybridized carbons (Fsp3) is 0.238. The summed E-state index contributed by atoms with van der Waals surface area (Å²) in [5.74, 6) is 0.156. The maximum absolute atomic E-state index is 13.6. The van der Waals surface area contributed by atoms with Crippen LogP contribution < -0.4 is 0 Å². The van der Waals surface area contributed by atoms with Crippen molar-refractivity contribution >= 4 is 27.7 Å². The molecule has 5 nitrogen and oxygen atoms in total. The van der Waals surface area contributed by atoms with E-state index in [9.17, 15) is 9.18 Å². The first-order valence-electron chi connectivity index (χ1n) is 9.18. The quantitative estimate of drug-likeness (QED) is 0.561. The van der Waals surface area contributed by atoms with Gasteiger partial charge < -0.3 is 9.88 Å². The van der Waals surface area contributed by atoms with E-state index in [1.165, 1.54) is 6.07 Å². The largest absolute Gasteiger partial charge is 0.361 e. The van der Waals surface area contributed by atoms with Gasteiger partial charge in [0.05, 0.1) is 17.3 Å². The van der Waals surface area contributed by atoms with Crippen molar-refractivity contribution in [3.05, 3.63) is 65.7 Å². The third-order valence-electron chi connectivity index (χ3n) is 5.61. The molecule has 0 spiro atoms. The van der Waals surface area contributed by atoms with E-state index < -0.39 is 0 Å². The molecule has 2 aromatic heterocycles. The molecular formula is C21H19FN4O. The van der Waals surface area contributed by atoms with Gasteiger partial charge in [-0.15, -0.1) is 0 Å². The molecule has 3 heterocycles. The Morgan fingerprint density at radius 2 is 1.96 bits per heavy atom. The number of benzene rings is 2. The number of hydrogen-bond acceptors (Lipinski definition) is 2. The first-order chi connectivity index (χ1) is 13.2. The van der Waals surface area contributed by atoms with Crippen LogP contribution in [-0.2, 0) is 0 Å².